The number of hydrogen-bond donors (Lipinski definition) is 1. The summed E-state index contributed by atoms with van der Waals surface area (Å²) < 4.78 is 0. The molecule has 0 spiro atoms. The lowest BCUT2D eigenvalue weighted by Gasteiger charge is -2.40. The van der Waals surface area contributed by atoms with Gasteiger partial charge in [0.1, 0.15) is 22.4 Å². The second-order valence-corrected chi connectivity index (χ2v) is 15.7. The quantitative estimate of drug-likeness (QED) is 0.161. The van der Waals surface area contributed by atoms with E-state index in [9.17, 15) is 9.59 Å². The van der Waals surface area contributed by atoms with Gasteiger partial charge in [-0.1, -0.05) is 109 Å². The molecule has 2 saturated heterocycles. The van der Waals surface area contributed by atoms with E-state index in [0.29, 0.717) is 31.2 Å². The zero-order valence-electron chi connectivity index (χ0n) is 35.1. The number of piperazine rings is 2. The Morgan fingerprint density at radius 2 is 1.03 bits per heavy atom. The van der Waals surface area contributed by atoms with Gasteiger partial charge >= 0.3 is 0 Å². The van der Waals surface area contributed by atoms with E-state index in [1.54, 1.807) is 30.5 Å². The molecular weight excluding hydrogens is 808 g/mol. The first kappa shape index (κ1) is 42.5. The predicted molar refractivity (Wildman–Crippen MR) is 251 cm³/mol. The summed E-state index contributed by atoms with van der Waals surface area (Å²) in [7, 11) is 0. The van der Waals surface area contributed by atoms with Crippen molar-refractivity contribution in [1.29, 1.82) is 0 Å². The van der Waals surface area contributed by atoms with Gasteiger partial charge in [0, 0.05) is 96.8 Å². The fourth-order valence-electron chi connectivity index (χ4n) is 7.90. The van der Waals surface area contributed by atoms with Crippen LogP contribution in [0.5, 0.6) is 0 Å². The number of nitrogens with zero attached hydrogens (tertiary/aromatic N) is 9. The molecule has 4 aromatic carbocycles. The molecule has 2 atom stereocenters. The number of benzene rings is 4. The Bertz CT molecular complexity index is 2780. The van der Waals surface area contributed by atoms with Crippen LogP contribution in [0.1, 0.15) is 34.6 Å². The minimum atomic E-state index is -0.407. The van der Waals surface area contributed by atoms with Gasteiger partial charge in [-0.3, -0.25) is 19.6 Å². The number of halogens is 1. The lowest BCUT2D eigenvalue weighted by molar-refractivity contribution is 0.0726. The standard InChI is InChI=1S/C25H23N5O.C18H19N5.C7H5ClO/c1-18-17-29(25(31)20-11-6-3-7-12-20)15-16-30(18)24-23-21(13-8-14-26-23)22(27-28-24)19-9-4-2-5-10-19;1-13-12-19-10-11-23(13)18-17-15(8-5-9-20-17)16(21-22-18)14-6-3-2-4-7-14;8-7(9)6-4-2-1-3-5-6/h2-14,18H,15-17H2,1H3;2-9,13,19H,10-12H2,1H3;1-5H/t18-;13-;/m11./s1. The molecule has 0 radical (unpaired) electrons. The summed E-state index contributed by atoms with van der Waals surface area (Å²) in [4.78, 5) is 39.0. The topological polar surface area (TPSA) is 133 Å². The average Bonchev–Trinajstić information content (AvgIpc) is 3.35. The Balaban J connectivity index is 0.000000149. The monoisotopic (exact) mass is 854 g/mol. The summed E-state index contributed by atoms with van der Waals surface area (Å²) in [5, 5.41) is 23.3. The lowest BCUT2D eigenvalue weighted by Crippen LogP contribution is -2.54. The number of pyridine rings is 2. The Labute approximate surface area is 371 Å². The number of carbonyl (C=O) groups excluding carboxylic acids is 2. The first-order valence-corrected chi connectivity index (χ1v) is 21.4. The third kappa shape index (κ3) is 9.83. The van der Waals surface area contributed by atoms with Gasteiger partial charge in [0.25, 0.3) is 11.1 Å². The number of fused-ring (bicyclic) bond motifs is 2. The van der Waals surface area contributed by atoms with Gasteiger partial charge in [0.2, 0.25) is 0 Å². The van der Waals surface area contributed by atoms with Crippen molar-refractivity contribution in [3.63, 3.8) is 0 Å². The molecule has 2 aliphatic rings. The SMILES string of the molecule is C[C@@H]1CN(C(=O)c2ccccc2)CCN1c1nnc(-c2ccccc2)c2cccnc12.C[C@@H]1CNCCN1c1nnc(-c2ccccc2)c2cccnc12.O=C(Cl)c1ccccc1. The Kier molecular flexibility index (Phi) is 13.6. The van der Waals surface area contributed by atoms with Crippen LogP contribution >= 0.6 is 11.6 Å². The normalized spacial score (nSPS) is 16.1. The maximum absolute atomic E-state index is 12.9. The fourth-order valence-corrected chi connectivity index (χ4v) is 8.02. The molecule has 316 valence electrons. The molecule has 6 heterocycles. The van der Waals surface area contributed by atoms with Crippen LogP contribution in [-0.2, 0) is 0 Å². The number of aromatic nitrogens is 6. The van der Waals surface area contributed by atoms with Gasteiger partial charge in [-0.15, -0.1) is 20.4 Å². The highest BCUT2D eigenvalue weighted by atomic mass is 35.5. The van der Waals surface area contributed by atoms with E-state index in [1.807, 2.05) is 114 Å². The predicted octanol–water partition coefficient (Wildman–Crippen LogP) is 8.60. The van der Waals surface area contributed by atoms with Crippen molar-refractivity contribution < 1.29 is 9.59 Å². The Morgan fingerprint density at radius 3 is 1.49 bits per heavy atom. The summed E-state index contributed by atoms with van der Waals surface area (Å²) in [6, 6.07) is 46.9. The molecule has 8 aromatic rings. The summed E-state index contributed by atoms with van der Waals surface area (Å²) >= 11 is 5.16. The van der Waals surface area contributed by atoms with Gasteiger partial charge in [-0.2, -0.15) is 0 Å². The van der Waals surface area contributed by atoms with Gasteiger partial charge in [0.15, 0.2) is 11.6 Å². The zero-order chi connectivity index (χ0) is 43.5. The third-order valence-electron chi connectivity index (χ3n) is 11.1. The van der Waals surface area contributed by atoms with Crippen LogP contribution < -0.4 is 15.1 Å². The van der Waals surface area contributed by atoms with Crippen LogP contribution in [0.25, 0.3) is 44.3 Å². The Hall–Kier alpha value is -7.15. The maximum atomic E-state index is 12.9. The molecule has 0 bridgehead atoms. The molecule has 63 heavy (non-hydrogen) atoms. The number of rotatable bonds is 6. The molecule has 2 fully saturated rings. The number of anilines is 2. The second-order valence-electron chi connectivity index (χ2n) is 15.3. The molecule has 4 aromatic heterocycles. The van der Waals surface area contributed by atoms with Crippen molar-refractivity contribution in [2.24, 2.45) is 0 Å². The molecule has 13 heteroatoms. The van der Waals surface area contributed by atoms with E-state index in [-0.39, 0.29) is 11.9 Å². The highest BCUT2D eigenvalue weighted by molar-refractivity contribution is 6.67. The van der Waals surface area contributed by atoms with Gasteiger partial charge in [-0.25, -0.2) is 0 Å². The molecule has 1 amide bonds. The molecular formula is C50H47ClN10O2. The number of amides is 1. The van der Waals surface area contributed by atoms with Crippen LogP contribution in [0.3, 0.4) is 0 Å². The minimum Gasteiger partial charge on any atom is -0.348 e. The summed E-state index contributed by atoms with van der Waals surface area (Å²) in [6.45, 7) is 9.10. The van der Waals surface area contributed by atoms with E-state index in [4.69, 9.17) is 11.6 Å². The van der Waals surface area contributed by atoms with Gasteiger partial charge in [0.05, 0.1) is 0 Å². The molecule has 12 nitrogen and oxygen atoms in total. The molecule has 2 aliphatic heterocycles. The van der Waals surface area contributed by atoms with Gasteiger partial charge < -0.3 is 20.0 Å². The Morgan fingerprint density at radius 1 is 0.556 bits per heavy atom. The van der Waals surface area contributed by atoms with Crippen LogP contribution in [-0.4, -0.2) is 97.8 Å². The number of carbonyl (C=O) groups is 2. The van der Waals surface area contributed by atoms with Crippen LogP contribution in [0.4, 0.5) is 11.6 Å². The molecule has 10 rings (SSSR count). The van der Waals surface area contributed by atoms with Crippen LogP contribution in [0.15, 0.2) is 158 Å². The van der Waals surface area contributed by atoms with Crippen LogP contribution in [0, 0.1) is 0 Å². The lowest BCUT2D eigenvalue weighted by atomic mass is 10.1. The van der Waals surface area contributed by atoms with Crippen LogP contribution in [0.2, 0.25) is 0 Å². The van der Waals surface area contributed by atoms with Gasteiger partial charge in [-0.05, 0) is 61.8 Å². The molecule has 1 N–H and O–H groups in total. The summed E-state index contributed by atoms with van der Waals surface area (Å²) in [5.41, 5.74) is 6.84. The van der Waals surface area contributed by atoms with E-state index in [2.05, 4.69) is 77.5 Å². The highest BCUT2D eigenvalue weighted by Crippen LogP contribution is 2.33. The van der Waals surface area contributed by atoms with Crippen molar-refractivity contribution in [2.45, 2.75) is 25.9 Å². The maximum Gasteiger partial charge on any atom is 0.253 e. The van der Waals surface area contributed by atoms with Crippen molar-refractivity contribution in [3.8, 4) is 22.5 Å². The molecule has 0 saturated carbocycles. The second kappa shape index (κ2) is 20.1. The average molecular weight is 855 g/mol. The largest absolute Gasteiger partial charge is 0.348 e. The zero-order valence-corrected chi connectivity index (χ0v) is 35.9. The van der Waals surface area contributed by atoms with E-state index >= 15 is 0 Å². The van der Waals surface area contributed by atoms with Crippen molar-refractivity contribution in [2.75, 3.05) is 49.1 Å². The number of hydrogen-bond acceptors (Lipinski definition) is 11. The van der Waals surface area contributed by atoms with E-state index < -0.39 is 5.24 Å². The van der Waals surface area contributed by atoms with Crippen molar-refractivity contribution in [1.82, 2.24) is 40.6 Å². The highest BCUT2D eigenvalue weighted by Gasteiger charge is 2.30. The third-order valence-corrected chi connectivity index (χ3v) is 11.3. The fraction of sp³-hybridized carbons (Fsp3) is 0.200. The minimum absolute atomic E-state index is 0.0700. The summed E-state index contributed by atoms with van der Waals surface area (Å²) in [6.07, 6.45) is 3.62. The smallest absolute Gasteiger partial charge is 0.253 e. The molecule has 0 unspecified atom stereocenters. The van der Waals surface area contributed by atoms with E-state index in [1.165, 1.54) is 0 Å². The molecule has 0 aliphatic carbocycles. The van der Waals surface area contributed by atoms with Crippen molar-refractivity contribution >= 4 is 56.2 Å². The van der Waals surface area contributed by atoms with Crippen molar-refractivity contribution in [3.05, 3.63) is 169 Å². The summed E-state index contributed by atoms with van der Waals surface area (Å²) in [5.74, 6) is 1.73. The van der Waals surface area contributed by atoms with E-state index in [0.717, 1.165) is 81.2 Å². The first-order valence-electron chi connectivity index (χ1n) is 21.0. The first-order chi connectivity index (χ1) is 30.9. The number of nitrogens with one attached hydrogen (secondary N) is 1.